The van der Waals surface area contributed by atoms with Crippen LogP contribution in [0.2, 0.25) is 0 Å². The molecule has 6 nitrogen and oxygen atoms in total. The second-order valence-corrected chi connectivity index (χ2v) is 6.27. The second-order valence-electron chi connectivity index (χ2n) is 5.41. The van der Waals surface area contributed by atoms with E-state index in [1.807, 2.05) is 37.4 Å². The Morgan fingerprint density at radius 2 is 2.10 bits per heavy atom. The van der Waals surface area contributed by atoms with Crippen molar-refractivity contribution in [3.05, 3.63) is 23.5 Å². The Hall–Kier alpha value is -1.73. The van der Waals surface area contributed by atoms with Crippen molar-refractivity contribution in [1.29, 1.82) is 0 Å². The Bertz CT molecular complexity index is 641. The molecule has 0 radical (unpaired) electrons. The van der Waals surface area contributed by atoms with Crippen LogP contribution < -0.4 is 0 Å². The molecule has 2 aromatic heterocycles. The lowest BCUT2D eigenvalue weighted by Gasteiger charge is -2.34. The monoisotopic (exact) mass is 306 g/mol. The summed E-state index contributed by atoms with van der Waals surface area (Å²) >= 11 is 1.47. The fourth-order valence-electron chi connectivity index (χ4n) is 2.54. The van der Waals surface area contributed by atoms with E-state index in [-0.39, 0.29) is 18.1 Å². The summed E-state index contributed by atoms with van der Waals surface area (Å²) in [6, 6.07) is 0. The maximum Gasteiger partial charge on any atom is 0.273 e. The van der Waals surface area contributed by atoms with Gasteiger partial charge in [-0.3, -0.25) is 9.48 Å². The SMILES string of the molecule is C[C@@H]1CN(C(=O)c2csc(-c3cnn(C)c3)n2)C[C@H](C)O1. The van der Waals surface area contributed by atoms with Gasteiger partial charge in [-0.1, -0.05) is 0 Å². The molecule has 0 aromatic carbocycles. The van der Waals surface area contributed by atoms with E-state index in [9.17, 15) is 4.79 Å². The maximum absolute atomic E-state index is 12.5. The quantitative estimate of drug-likeness (QED) is 0.849. The number of thiazole rings is 1. The summed E-state index contributed by atoms with van der Waals surface area (Å²) in [5.41, 5.74) is 1.44. The molecule has 0 saturated carbocycles. The topological polar surface area (TPSA) is 60.2 Å². The highest BCUT2D eigenvalue weighted by Gasteiger charge is 2.28. The molecule has 1 aliphatic rings. The first kappa shape index (κ1) is 14.2. The highest BCUT2D eigenvalue weighted by atomic mass is 32.1. The van der Waals surface area contributed by atoms with E-state index in [2.05, 4.69) is 10.1 Å². The third kappa shape index (κ3) is 2.98. The van der Waals surface area contributed by atoms with Gasteiger partial charge in [0, 0.05) is 37.3 Å². The molecule has 0 N–H and O–H groups in total. The van der Waals surface area contributed by atoms with Crippen LogP contribution in [0.4, 0.5) is 0 Å². The number of aryl methyl sites for hydroxylation is 1. The van der Waals surface area contributed by atoms with Crippen LogP contribution in [0, 0.1) is 0 Å². The standard InChI is InChI=1S/C14H18N4O2S/c1-9-5-18(6-10(2)20-9)14(19)12-8-21-13(16-12)11-4-15-17(3)7-11/h4,7-10H,5-6H2,1-3H3/t9-,10+. The maximum atomic E-state index is 12.5. The lowest BCUT2D eigenvalue weighted by molar-refractivity contribution is -0.0587. The number of aromatic nitrogens is 3. The van der Waals surface area contributed by atoms with Crippen molar-refractivity contribution < 1.29 is 9.53 Å². The Morgan fingerprint density at radius 1 is 1.38 bits per heavy atom. The van der Waals surface area contributed by atoms with Crippen molar-refractivity contribution in [1.82, 2.24) is 19.7 Å². The minimum absolute atomic E-state index is 0.0246. The normalized spacial score (nSPS) is 22.5. The molecule has 3 rings (SSSR count). The molecule has 21 heavy (non-hydrogen) atoms. The number of rotatable bonds is 2. The minimum atomic E-state index is -0.0246. The van der Waals surface area contributed by atoms with Crippen molar-refractivity contribution in [2.75, 3.05) is 13.1 Å². The summed E-state index contributed by atoms with van der Waals surface area (Å²) in [6.07, 6.45) is 3.78. The van der Waals surface area contributed by atoms with E-state index in [1.165, 1.54) is 11.3 Å². The summed E-state index contributed by atoms with van der Waals surface area (Å²) in [7, 11) is 1.86. The minimum Gasteiger partial charge on any atom is -0.372 e. The largest absolute Gasteiger partial charge is 0.372 e. The fraction of sp³-hybridized carbons (Fsp3) is 0.500. The number of carbonyl (C=O) groups excluding carboxylic acids is 1. The third-order valence-electron chi connectivity index (χ3n) is 3.38. The van der Waals surface area contributed by atoms with Gasteiger partial charge >= 0.3 is 0 Å². The van der Waals surface area contributed by atoms with Crippen molar-refractivity contribution in [2.24, 2.45) is 7.05 Å². The van der Waals surface area contributed by atoms with Gasteiger partial charge in [-0.2, -0.15) is 5.10 Å². The van der Waals surface area contributed by atoms with Crippen LogP contribution >= 0.6 is 11.3 Å². The van der Waals surface area contributed by atoms with Crippen molar-refractivity contribution in [3.8, 4) is 10.6 Å². The lowest BCUT2D eigenvalue weighted by Crippen LogP contribution is -2.48. The van der Waals surface area contributed by atoms with E-state index in [4.69, 9.17) is 4.74 Å². The molecule has 0 aliphatic carbocycles. The Kier molecular flexibility index (Phi) is 3.77. The molecule has 1 amide bonds. The van der Waals surface area contributed by atoms with E-state index in [0.717, 1.165) is 10.6 Å². The zero-order valence-electron chi connectivity index (χ0n) is 12.3. The van der Waals surface area contributed by atoms with Crippen LogP contribution in [-0.2, 0) is 11.8 Å². The van der Waals surface area contributed by atoms with Crippen LogP contribution in [0.15, 0.2) is 17.8 Å². The van der Waals surface area contributed by atoms with E-state index >= 15 is 0 Å². The number of nitrogens with zero attached hydrogens (tertiary/aromatic N) is 4. The molecule has 0 bridgehead atoms. The van der Waals surface area contributed by atoms with Gasteiger partial charge in [-0.25, -0.2) is 4.98 Å². The molecular weight excluding hydrogens is 288 g/mol. The van der Waals surface area contributed by atoms with Gasteiger partial charge in [-0.05, 0) is 13.8 Å². The average molecular weight is 306 g/mol. The molecule has 7 heteroatoms. The molecule has 1 fully saturated rings. The first-order chi connectivity index (χ1) is 10.0. The Labute approximate surface area is 127 Å². The van der Waals surface area contributed by atoms with Gasteiger partial charge in [-0.15, -0.1) is 11.3 Å². The molecule has 2 atom stereocenters. The van der Waals surface area contributed by atoms with E-state index in [1.54, 1.807) is 10.9 Å². The first-order valence-corrected chi connectivity index (χ1v) is 7.80. The van der Waals surface area contributed by atoms with Gasteiger partial charge in [0.05, 0.1) is 18.4 Å². The number of morpholine rings is 1. The predicted octanol–water partition coefficient (Wildman–Crippen LogP) is 1.79. The van der Waals surface area contributed by atoms with E-state index in [0.29, 0.717) is 18.8 Å². The Morgan fingerprint density at radius 3 is 2.71 bits per heavy atom. The van der Waals surface area contributed by atoms with Gasteiger partial charge in [0.25, 0.3) is 5.91 Å². The van der Waals surface area contributed by atoms with Crippen molar-refractivity contribution in [3.63, 3.8) is 0 Å². The average Bonchev–Trinajstić information content (AvgIpc) is 3.05. The number of hydrogen-bond acceptors (Lipinski definition) is 5. The molecule has 2 aromatic rings. The lowest BCUT2D eigenvalue weighted by atomic mass is 10.2. The number of carbonyl (C=O) groups is 1. The molecule has 3 heterocycles. The smallest absolute Gasteiger partial charge is 0.273 e. The highest BCUT2D eigenvalue weighted by Crippen LogP contribution is 2.24. The van der Waals surface area contributed by atoms with Crippen LogP contribution in [0.1, 0.15) is 24.3 Å². The Balaban J connectivity index is 1.78. The molecule has 1 aliphatic heterocycles. The van der Waals surface area contributed by atoms with Gasteiger partial charge < -0.3 is 9.64 Å². The zero-order chi connectivity index (χ0) is 15.0. The van der Waals surface area contributed by atoms with Crippen LogP contribution in [-0.4, -0.2) is 50.9 Å². The fourth-order valence-corrected chi connectivity index (χ4v) is 3.31. The number of amides is 1. The second kappa shape index (κ2) is 5.57. The number of hydrogen-bond donors (Lipinski definition) is 0. The number of ether oxygens (including phenoxy) is 1. The van der Waals surface area contributed by atoms with Crippen molar-refractivity contribution in [2.45, 2.75) is 26.1 Å². The van der Waals surface area contributed by atoms with Gasteiger partial charge in [0.1, 0.15) is 10.7 Å². The highest BCUT2D eigenvalue weighted by molar-refractivity contribution is 7.13. The molecular formula is C14H18N4O2S. The summed E-state index contributed by atoms with van der Waals surface area (Å²) in [5.74, 6) is -0.0246. The first-order valence-electron chi connectivity index (χ1n) is 6.92. The van der Waals surface area contributed by atoms with E-state index < -0.39 is 0 Å². The summed E-state index contributed by atoms with van der Waals surface area (Å²) in [6.45, 7) is 5.20. The summed E-state index contributed by atoms with van der Waals surface area (Å²) in [5, 5.41) is 6.76. The van der Waals surface area contributed by atoms with Crippen LogP contribution in [0.5, 0.6) is 0 Å². The van der Waals surface area contributed by atoms with Crippen LogP contribution in [0.3, 0.4) is 0 Å². The molecule has 1 saturated heterocycles. The van der Waals surface area contributed by atoms with Gasteiger partial charge in [0.15, 0.2) is 0 Å². The third-order valence-corrected chi connectivity index (χ3v) is 4.27. The predicted molar refractivity (Wildman–Crippen MR) is 80.2 cm³/mol. The summed E-state index contributed by atoms with van der Waals surface area (Å²) in [4.78, 5) is 18.8. The summed E-state index contributed by atoms with van der Waals surface area (Å²) < 4.78 is 7.38. The molecule has 0 spiro atoms. The van der Waals surface area contributed by atoms with Crippen LogP contribution in [0.25, 0.3) is 10.6 Å². The molecule has 0 unspecified atom stereocenters. The van der Waals surface area contributed by atoms with Crippen molar-refractivity contribution >= 4 is 17.2 Å². The zero-order valence-corrected chi connectivity index (χ0v) is 13.1. The molecule has 112 valence electrons. The van der Waals surface area contributed by atoms with Gasteiger partial charge in [0.2, 0.25) is 0 Å².